The SMILES string of the molecule is CCN1CC(CC(=O)NO)S(=O)(=O)c2ccc(C(=O)Nc3ccn[nH]3)cc21. The van der Waals surface area contributed by atoms with Crippen molar-refractivity contribution < 1.29 is 23.2 Å². The van der Waals surface area contributed by atoms with Crippen LogP contribution in [0, 0.1) is 0 Å². The summed E-state index contributed by atoms with van der Waals surface area (Å²) in [5.41, 5.74) is 2.18. The van der Waals surface area contributed by atoms with Gasteiger partial charge in [0.25, 0.3) is 5.91 Å². The monoisotopic (exact) mass is 393 g/mol. The van der Waals surface area contributed by atoms with Crippen LogP contribution in [0.4, 0.5) is 11.5 Å². The second kappa shape index (κ2) is 7.37. The van der Waals surface area contributed by atoms with Crippen LogP contribution in [0.5, 0.6) is 0 Å². The van der Waals surface area contributed by atoms with Crippen LogP contribution in [0.25, 0.3) is 0 Å². The summed E-state index contributed by atoms with van der Waals surface area (Å²) in [5, 5.41) is 16.7. The molecule has 10 nitrogen and oxygen atoms in total. The Balaban J connectivity index is 1.95. The average molecular weight is 393 g/mol. The highest BCUT2D eigenvalue weighted by atomic mass is 32.2. The van der Waals surface area contributed by atoms with E-state index in [4.69, 9.17) is 5.21 Å². The summed E-state index contributed by atoms with van der Waals surface area (Å²) >= 11 is 0. The molecule has 11 heteroatoms. The number of hydrogen-bond acceptors (Lipinski definition) is 7. The number of anilines is 2. The summed E-state index contributed by atoms with van der Waals surface area (Å²) in [6, 6.07) is 5.91. The number of fused-ring (bicyclic) bond motifs is 1. The van der Waals surface area contributed by atoms with Crippen molar-refractivity contribution in [3.05, 3.63) is 36.0 Å². The number of aromatic amines is 1. The highest BCUT2D eigenvalue weighted by Crippen LogP contribution is 2.35. The van der Waals surface area contributed by atoms with Gasteiger partial charge in [-0.1, -0.05) is 0 Å². The molecule has 27 heavy (non-hydrogen) atoms. The van der Waals surface area contributed by atoms with Gasteiger partial charge in [-0.25, -0.2) is 13.9 Å². The maximum atomic E-state index is 12.9. The molecule has 1 atom stereocenters. The van der Waals surface area contributed by atoms with E-state index in [1.165, 1.54) is 29.9 Å². The fourth-order valence-electron chi connectivity index (χ4n) is 3.01. The topological polar surface area (TPSA) is 144 Å². The fourth-order valence-corrected chi connectivity index (χ4v) is 4.86. The molecule has 3 rings (SSSR count). The van der Waals surface area contributed by atoms with E-state index in [9.17, 15) is 18.0 Å². The lowest BCUT2D eigenvalue weighted by atomic mass is 10.1. The average Bonchev–Trinajstić information content (AvgIpc) is 3.16. The van der Waals surface area contributed by atoms with Crippen molar-refractivity contribution >= 4 is 33.2 Å². The minimum atomic E-state index is -3.78. The van der Waals surface area contributed by atoms with Crippen LogP contribution >= 0.6 is 0 Å². The Morgan fingerprint density at radius 3 is 2.78 bits per heavy atom. The van der Waals surface area contributed by atoms with E-state index in [-0.39, 0.29) is 17.9 Å². The highest BCUT2D eigenvalue weighted by molar-refractivity contribution is 7.92. The van der Waals surface area contributed by atoms with Gasteiger partial charge in [-0.15, -0.1) is 0 Å². The quantitative estimate of drug-likeness (QED) is 0.428. The molecule has 0 fully saturated rings. The Bertz CT molecular complexity index is 958. The number of nitrogens with zero attached hydrogens (tertiary/aromatic N) is 2. The predicted octanol–water partition coefficient (Wildman–Crippen LogP) is 0.540. The Morgan fingerprint density at radius 2 is 2.15 bits per heavy atom. The standard InChI is InChI=1S/C16H19N5O5S/c1-2-21-9-11(8-15(22)20-24)27(25,26)13-4-3-10(7-12(13)21)16(23)18-14-5-6-17-19-14/h3-7,11,24H,2,8-9H2,1H3,(H,20,22)(H2,17,18,19,23). The van der Waals surface area contributed by atoms with Gasteiger partial charge in [-0.2, -0.15) is 5.10 Å². The van der Waals surface area contributed by atoms with Crippen LogP contribution in [0.1, 0.15) is 23.7 Å². The molecule has 2 heterocycles. The molecule has 1 aromatic heterocycles. The van der Waals surface area contributed by atoms with Crippen molar-refractivity contribution in [3.8, 4) is 0 Å². The third-order valence-corrected chi connectivity index (χ3v) is 6.55. The van der Waals surface area contributed by atoms with Crippen molar-refractivity contribution in [2.45, 2.75) is 23.5 Å². The number of nitrogens with one attached hydrogen (secondary N) is 3. The number of amides is 2. The zero-order valence-electron chi connectivity index (χ0n) is 14.5. The Hall–Kier alpha value is -2.92. The number of H-pyrrole nitrogens is 1. The summed E-state index contributed by atoms with van der Waals surface area (Å²) < 4.78 is 25.7. The molecule has 0 bridgehead atoms. The van der Waals surface area contributed by atoms with E-state index in [1.807, 2.05) is 6.92 Å². The number of benzene rings is 1. The van der Waals surface area contributed by atoms with Gasteiger partial charge in [0, 0.05) is 31.1 Å². The zero-order chi connectivity index (χ0) is 19.6. The molecule has 0 saturated carbocycles. The maximum Gasteiger partial charge on any atom is 0.256 e. The summed E-state index contributed by atoms with van der Waals surface area (Å²) in [7, 11) is -3.78. The molecule has 144 valence electrons. The minimum absolute atomic E-state index is 0.0597. The Labute approximate surface area is 155 Å². The van der Waals surface area contributed by atoms with Gasteiger partial charge in [0.05, 0.1) is 22.0 Å². The molecule has 0 spiro atoms. The normalized spacial score (nSPS) is 17.9. The van der Waals surface area contributed by atoms with E-state index < -0.39 is 26.9 Å². The van der Waals surface area contributed by atoms with E-state index in [0.29, 0.717) is 23.6 Å². The molecule has 4 N–H and O–H groups in total. The van der Waals surface area contributed by atoms with Crippen LogP contribution < -0.4 is 15.7 Å². The molecule has 1 aromatic carbocycles. The van der Waals surface area contributed by atoms with Crippen LogP contribution in [0.2, 0.25) is 0 Å². The lowest BCUT2D eigenvalue weighted by molar-refractivity contribution is -0.129. The predicted molar refractivity (Wildman–Crippen MR) is 96.4 cm³/mol. The number of aromatic nitrogens is 2. The third-order valence-electron chi connectivity index (χ3n) is 4.40. The molecule has 2 aromatic rings. The second-order valence-electron chi connectivity index (χ2n) is 6.05. The molecule has 0 saturated heterocycles. The van der Waals surface area contributed by atoms with Gasteiger partial charge in [-0.3, -0.25) is 19.9 Å². The van der Waals surface area contributed by atoms with Crippen molar-refractivity contribution in [2.75, 3.05) is 23.3 Å². The lowest BCUT2D eigenvalue weighted by Gasteiger charge is -2.35. The molecular formula is C16H19N5O5S. The first-order valence-corrected chi connectivity index (χ1v) is 9.78. The van der Waals surface area contributed by atoms with Crippen molar-refractivity contribution in [3.63, 3.8) is 0 Å². The zero-order valence-corrected chi connectivity index (χ0v) is 15.3. The number of carbonyl (C=O) groups excluding carboxylic acids is 2. The van der Waals surface area contributed by atoms with Crippen LogP contribution in [-0.2, 0) is 14.6 Å². The first-order valence-electron chi connectivity index (χ1n) is 8.23. The maximum absolute atomic E-state index is 12.9. The first kappa shape index (κ1) is 18.9. The number of hydroxylamine groups is 1. The summed E-state index contributed by atoms with van der Waals surface area (Å²) in [5.74, 6) is -0.747. The molecule has 1 aliphatic rings. The lowest BCUT2D eigenvalue weighted by Crippen LogP contribution is -2.44. The molecular weight excluding hydrogens is 374 g/mol. The summed E-state index contributed by atoms with van der Waals surface area (Å²) in [6.07, 6.45) is 1.15. The van der Waals surface area contributed by atoms with Gasteiger partial charge in [0.2, 0.25) is 5.91 Å². The van der Waals surface area contributed by atoms with Crippen molar-refractivity contribution in [1.29, 1.82) is 0 Å². The fraction of sp³-hybridized carbons (Fsp3) is 0.312. The largest absolute Gasteiger partial charge is 0.369 e. The van der Waals surface area contributed by atoms with Gasteiger partial charge in [-0.05, 0) is 25.1 Å². The van der Waals surface area contributed by atoms with E-state index >= 15 is 0 Å². The van der Waals surface area contributed by atoms with Gasteiger partial charge in [0.1, 0.15) is 5.82 Å². The molecule has 1 aliphatic heterocycles. The van der Waals surface area contributed by atoms with E-state index in [1.54, 1.807) is 11.0 Å². The first-order chi connectivity index (χ1) is 12.9. The number of carbonyl (C=O) groups is 2. The smallest absolute Gasteiger partial charge is 0.256 e. The second-order valence-corrected chi connectivity index (χ2v) is 8.25. The number of hydrogen-bond donors (Lipinski definition) is 4. The van der Waals surface area contributed by atoms with E-state index in [0.717, 1.165) is 0 Å². The van der Waals surface area contributed by atoms with Crippen LogP contribution in [0.3, 0.4) is 0 Å². The third kappa shape index (κ3) is 3.64. The molecule has 2 amide bonds. The molecule has 1 unspecified atom stereocenters. The summed E-state index contributed by atoms with van der Waals surface area (Å²) in [4.78, 5) is 25.7. The Morgan fingerprint density at radius 1 is 1.37 bits per heavy atom. The number of rotatable bonds is 5. The number of sulfone groups is 1. The molecule has 0 radical (unpaired) electrons. The Kier molecular flexibility index (Phi) is 5.15. The minimum Gasteiger partial charge on any atom is -0.369 e. The highest BCUT2D eigenvalue weighted by Gasteiger charge is 2.38. The van der Waals surface area contributed by atoms with Crippen LogP contribution in [0.15, 0.2) is 35.4 Å². The van der Waals surface area contributed by atoms with Gasteiger partial charge in [0.15, 0.2) is 9.84 Å². The van der Waals surface area contributed by atoms with E-state index in [2.05, 4.69) is 15.5 Å². The molecule has 0 aliphatic carbocycles. The van der Waals surface area contributed by atoms with Crippen LogP contribution in [-0.4, -0.2) is 54.0 Å². The van der Waals surface area contributed by atoms with Crippen molar-refractivity contribution in [1.82, 2.24) is 15.7 Å². The van der Waals surface area contributed by atoms with Gasteiger partial charge >= 0.3 is 0 Å². The summed E-state index contributed by atoms with van der Waals surface area (Å²) in [6.45, 7) is 2.43. The van der Waals surface area contributed by atoms with Gasteiger partial charge < -0.3 is 10.2 Å². The van der Waals surface area contributed by atoms with Crippen molar-refractivity contribution in [2.24, 2.45) is 0 Å².